The van der Waals surface area contributed by atoms with Crippen LogP contribution < -0.4 is 15.8 Å². The van der Waals surface area contributed by atoms with E-state index in [1.165, 1.54) is 0 Å². The summed E-state index contributed by atoms with van der Waals surface area (Å²) in [5.74, 6) is 0.859. The molecule has 0 saturated heterocycles. The molecule has 1 unspecified atom stereocenters. The molecule has 0 radical (unpaired) electrons. The molecule has 0 bridgehead atoms. The summed E-state index contributed by atoms with van der Waals surface area (Å²) >= 11 is 3.46. The van der Waals surface area contributed by atoms with E-state index in [1.54, 1.807) is 0 Å². The molecular weight excluding hydrogens is 284 g/mol. The van der Waals surface area contributed by atoms with Crippen molar-refractivity contribution in [2.45, 2.75) is 25.9 Å². The minimum absolute atomic E-state index is 0.170. The van der Waals surface area contributed by atoms with Gasteiger partial charge in [-0.2, -0.15) is 0 Å². The molecule has 92 valence electrons. The fourth-order valence-corrected chi connectivity index (χ4v) is 2.30. The van der Waals surface area contributed by atoms with Crippen molar-refractivity contribution in [2.24, 2.45) is 5.73 Å². The quantitative estimate of drug-likeness (QED) is 0.880. The van der Waals surface area contributed by atoms with Crippen LogP contribution in [0.3, 0.4) is 0 Å². The molecule has 0 spiro atoms. The van der Waals surface area contributed by atoms with Gasteiger partial charge in [0.25, 0.3) is 5.91 Å². The number of hydrogen-bond acceptors (Lipinski definition) is 3. The highest BCUT2D eigenvalue weighted by Crippen LogP contribution is 2.39. The van der Waals surface area contributed by atoms with E-state index >= 15 is 0 Å². The average molecular weight is 299 g/mol. The zero-order chi connectivity index (χ0) is 12.6. The molecule has 3 N–H and O–H groups in total. The van der Waals surface area contributed by atoms with Gasteiger partial charge in [-0.1, -0.05) is 13.8 Å². The van der Waals surface area contributed by atoms with Gasteiger partial charge < -0.3 is 15.8 Å². The van der Waals surface area contributed by atoms with Crippen LogP contribution in [0.25, 0.3) is 0 Å². The fraction of sp³-hybridized carbons (Fsp3) is 0.417. The summed E-state index contributed by atoms with van der Waals surface area (Å²) in [6.07, 6.45) is -0.608. The van der Waals surface area contributed by atoms with Gasteiger partial charge in [0.1, 0.15) is 0 Å². The number of fused-ring (bicyclic) bond motifs is 1. The van der Waals surface area contributed by atoms with Crippen LogP contribution in [0.4, 0.5) is 5.69 Å². The molecular formula is C12H15BrN2O2. The first-order chi connectivity index (χ1) is 8.02. The smallest absolute Gasteiger partial charge is 0.266 e. The number of ether oxygens (including phenoxy) is 1. The lowest BCUT2D eigenvalue weighted by Crippen LogP contribution is -2.42. The molecule has 2 rings (SSSR count). The predicted octanol–water partition coefficient (Wildman–Crippen LogP) is 2.23. The van der Waals surface area contributed by atoms with Gasteiger partial charge in [0.2, 0.25) is 0 Å². The number of carbonyl (C=O) groups is 1. The van der Waals surface area contributed by atoms with Crippen LogP contribution in [0.1, 0.15) is 25.3 Å². The molecule has 1 atom stereocenters. The highest BCUT2D eigenvalue weighted by Gasteiger charge is 2.28. The molecule has 17 heavy (non-hydrogen) atoms. The topological polar surface area (TPSA) is 64.4 Å². The molecule has 0 saturated carbocycles. The van der Waals surface area contributed by atoms with Gasteiger partial charge in [-0.3, -0.25) is 4.79 Å². The van der Waals surface area contributed by atoms with Crippen molar-refractivity contribution in [2.75, 3.05) is 11.9 Å². The van der Waals surface area contributed by atoms with Gasteiger partial charge in [0.05, 0.1) is 10.2 Å². The third-order valence-corrected chi connectivity index (χ3v) is 3.35. The number of carbonyl (C=O) groups excluding carboxylic acids is 1. The number of anilines is 1. The molecule has 0 aliphatic carbocycles. The normalized spacial score (nSPS) is 18.6. The SMILES string of the molecule is CC(C)c1cc(Br)c2c(c1)NC(=O)C(CN)O2. The Labute approximate surface area is 109 Å². The maximum atomic E-state index is 11.6. The van der Waals surface area contributed by atoms with Gasteiger partial charge in [0, 0.05) is 6.54 Å². The van der Waals surface area contributed by atoms with Crippen molar-refractivity contribution in [1.82, 2.24) is 0 Å². The van der Waals surface area contributed by atoms with Crippen molar-refractivity contribution in [3.05, 3.63) is 22.2 Å². The number of nitrogens with one attached hydrogen (secondary N) is 1. The van der Waals surface area contributed by atoms with Crippen LogP contribution in [-0.2, 0) is 4.79 Å². The first kappa shape index (κ1) is 12.4. The highest BCUT2D eigenvalue weighted by molar-refractivity contribution is 9.10. The monoisotopic (exact) mass is 298 g/mol. The fourth-order valence-electron chi connectivity index (χ4n) is 1.72. The van der Waals surface area contributed by atoms with Gasteiger partial charge in [0.15, 0.2) is 11.9 Å². The summed E-state index contributed by atoms with van der Waals surface area (Å²) < 4.78 is 6.42. The average Bonchev–Trinajstić information content (AvgIpc) is 2.27. The van der Waals surface area contributed by atoms with E-state index in [2.05, 4.69) is 35.1 Å². The van der Waals surface area contributed by atoms with Crippen molar-refractivity contribution < 1.29 is 9.53 Å². The van der Waals surface area contributed by atoms with Gasteiger partial charge in [-0.15, -0.1) is 0 Å². The van der Waals surface area contributed by atoms with E-state index in [-0.39, 0.29) is 12.5 Å². The highest BCUT2D eigenvalue weighted by atomic mass is 79.9. The van der Waals surface area contributed by atoms with Gasteiger partial charge >= 0.3 is 0 Å². The van der Waals surface area contributed by atoms with E-state index in [0.717, 1.165) is 10.0 Å². The summed E-state index contributed by atoms with van der Waals surface area (Å²) in [5.41, 5.74) is 7.33. The molecule has 1 aromatic rings. The Morgan fingerprint density at radius 2 is 2.24 bits per heavy atom. The Morgan fingerprint density at radius 1 is 1.53 bits per heavy atom. The predicted molar refractivity (Wildman–Crippen MR) is 70.3 cm³/mol. The second kappa shape index (κ2) is 4.66. The number of benzene rings is 1. The van der Waals surface area contributed by atoms with Crippen molar-refractivity contribution in [1.29, 1.82) is 0 Å². The summed E-state index contributed by atoms with van der Waals surface area (Å²) in [7, 11) is 0. The summed E-state index contributed by atoms with van der Waals surface area (Å²) in [6, 6.07) is 3.95. The van der Waals surface area contributed by atoms with Crippen molar-refractivity contribution in [3.63, 3.8) is 0 Å². The second-order valence-electron chi connectivity index (χ2n) is 4.37. The van der Waals surface area contributed by atoms with Crippen LogP contribution in [0.5, 0.6) is 5.75 Å². The lowest BCUT2D eigenvalue weighted by molar-refractivity contribution is -0.123. The lowest BCUT2D eigenvalue weighted by atomic mass is 10.0. The van der Waals surface area contributed by atoms with E-state index < -0.39 is 6.10 Å². The summed E-state index contributed by atoms with van der Waals surface area (Å²) in [5, 5.41) is 2.82. The zero-order valence-corrected chi connectivity index (χ0v) is 11.4. The Morgan fingerprint density at radius 3 is 2.82 bits per heavy atom. The maximum absolute atomic E-state index is 11.6. The number of halogens is 1. The number of hydrogen-bond donors (Lipinski definition) is 2. The van der Waals surface area contributed by atoms with Crippen LogP contribution in [0.2, 0.25) is 0 Å². The number of nitrogens with two attached hydrogens (primary N) is 1. The Bertz CT molecular complexity index is 460. The molecule has 1 heterocycles. The number of amides is 1. The zero-order valence-electron chi connectivity index (χ0n) is 9.79. The molecule has 1 aliphatic heterocycles. The van der Waals surface area contributed by atoms with Crippen molar-refractivity contribution >= 4 is 27.5 Å². The van der Waals surface area contributed by atoms with Crippen LogP contribution in [-0.4, -0.2) is 18.6 Å². The third-order valence-electron chi connectivity index (χ3n) is 2.76. The Hall–Kier alpha value is -1.07. The minimum Gasteiger partial charge on any atom is -0.476 e. The van der Waals surface area contributed by atoms with E-state index in [0.29, 0.717) is 17.4 Å². The van der Waals surface area contributed by atoms with E-state index in [9.17, 15) is 4.79 Å². The van der Waals surface area contributed by atoms with Crippen LogP contribution >= 0.6 is 15.9 Å². The first-order valence-electron chi connectivity index (χ1n) is 5.54. The van der Waals surface area contributed by atoms with Crippen molar-refractivity contribution in [3.8, 4) is 5.75 Å². The van der Waals surface area contributed by atoms with Crippen LogP contribution in [0, 0.1) is 0 Å². The molecule has 1 amide bonds. The molecule has 0 fully saturated rings. The summed E-state index contributed by atoms with van der Waals surface area (Å²) in [4.78, 5) is 11.6. The molecule has 0 aromatic heterocycles. The Balaban J connectivity index is 2.44. The molecule has 1 aliphatic rings. The standard InChI is InChI=1S/C12H15BrN2O2/c1-6(2)7-3-8(13)11-9(4-7)15-12(16)10(5-14)17-11/h3-4,6,10H,5,14H2,1-2H3,(H,15,16). The number of rotatable bonds is 2. The van der Waals surface area contributed by atoms with E-state index in [4.69, 9.17) is 10.5 Å². The Kier molecular flexibility index (Phi) is 3.40. The largest absolute Gasteiger partial charge is 0.476 e. The maximum Gasteiger partial charge on any atom is 0.266 e. The lowest BCUT2D eigenvalue weighted by Gasteiger charge is -2.26. The molecule has 1 aromatic carbocycles. The molecule has 5 heteroatoms. The molecule has 4 nitrogen and oxygen atoms in total. The van der Waals surface area contributed by atoms with Gasteiger partial charge in [-0.05, 0) is 39.5 Å². The second-order valence-corrected chi connectivity index (χ2v) is 5.22. The first-order valence-corrected chi connectivity index (χ1v) is 6.33. The van der Waals surface area contributed by atoms with E-state index in [1.807, 2.05) is 12.1 Å². The van der Waals surface area contributed by atoms with Gasteiger partial charge in [-0.25, -0.2) is 0 Å². The minimum atomic E-state index is -0.608. The van der Waals surface area contributed by atoms with Crippen LogP contribution in [0.15, 0.2) is 16.6 Å². The third kappa shape index (κ3) is 2.30. The summed E-state index contributed by atoms with van der Waals surface area (Å²) in [6.45, 7) is 4.37.